The third-order valence-electron chi connectivity index (χ3n) is 5.53. The summed E-state index contributed by atoms with van der Waals surface area (Å²) in [5, 5.41) is 12.9. The summed E-state index contributed by atoms with van der Waals surface area (Å²) in [4.78, 5) is 32.9. The molecule has 10 heteroatoms. The molecule has 1 fully saturated rings. The highest BCUT2D eigenvalue weighted by Crippen LogP contribution is 2.27. The molecule has 10 nitrogen and oxygen atoms in total. The first-order chi connectivity index (χ1) is 16.1. The largest absolute Gasteiger partial charge is 0.444 e. The summed E-state index contributed by atoms with van der Waals surface area (Å²) < 4.78 is 11.1. The van der Waals surface area contributed by atoms with Gasteiger partial charge in [-0.2, -0.15) is 0 Å². The van der Waals surface area contributed by atoms with Crippen molar-refractivity contribution >= 4 is 34.6 Å². The second kappa shape index (κ2) is 9.28. The normalized spacial score (nSPS) is 14.8. The molecule has 1 aliphatic heterocycles. The number of nitrogens with one attached hydrogen (secondary N) is 1. The predicted octanol–water partition coefficient (Wildman–Crippen LogP) is 3.94. The molecule has 2 amide bonds. The lowest BCUT2D eigenvalue weighted by molar-refractivity contribution is -0.121. The Hall–Kier alpha value is -3.69. The number of pyridine rings is 1. The number of carbonyl (C=O) groups is 2. The Morgan fingerprint density at radius 1 is 1.12 bits per heavy atom. The highest BCUT2D eigenvalue weighted by atomic mass is 16.6. The summed E-state index contributed by atoms with van der Waals surface area (Å²) in [6, 6.07) is 8.01. The number of aromatic nitrogens is 3. The van der Waals surface area contributed by atoms with Gasteiger partial charge in [0.15, 0.2) is 0 Å². The van der Waals surface area contributed by atoms with Crippen molar-refractivity contribution in [1.29, 1.82) is 0 Å². The van der Waals surface area contributed by atoms with E-state index in [-0.39, 0.29) is 17.9 Å². The zero-order chi connectivity index (χ0) is 24.5. The summed E-state index contributed by atoms with van der Waals surface area (Å²) >= 11 is 0. The van der Waals surface area contributed by atoms with Crippen LogP contribution in [0, 0.1) is 5.92 Å². The monoisotopic (exact) mass is 466 g/mol. The Morgan fingerprint density at radius 3 is 2.50 bits per heavy atom. The molecule has 0 radical (unpaired) electrons. The summed E-state index contributed by atoms with van der Waals surface area (Å²) in [6.07, 6.45) is 2.54. The van der Waals surface area contributed by atoms with E-state index in [4.69, 9.17) is 9.15 Å². The van der Waals surface area contributed by atoms with Crippen LogP contribution in [0.15, 0.2) is 34.9 Å². The van der Waals surface area contributed by atoms with E-state index < -0.39 is 5.60 Å². The highest BCUT2D eigenvalue weighted by Gasteiger charge is 2.30. The summed E-state index contributed by atoms with van der Waals surface area (Å²) in [5.41, 5.74) is 0.247. The van der Waals surface area contributed by atoms with Crippen molar-refractivity contribution in [3.05, 3.63) is 30.5 Å². The quantitative estimate of drug-likeness (QED) is 0.615. The van der Waals surface area contributed by atoms with Crippen LogP contribution in [-0.4, -0.2) is 64.9 Å². The summed E-state index contributed by atoms with van der Waals surface area (Å²) in [6.45, 7) is 6.50. The fraction of sp³-hybridized carbons (Fsp3) is 0.458. The first-order valence-corrected chi connectivity index (χ1v) is 11.3. The van der Waals surface area contributed by atoms with Crippen LogP contribution in [0.5, 0.6) is 0 Å². The van der Waals surface area contributed by atoms with Gasteiger partial charge in [-0.1, -0.05) is 11.2 Å². The summed E-state index contributed by atoms with van der Waals surface area (Å²) in [7, 11) is 3.67. The Bertz CT molecular complexity index is 1190. The molecular weight excluding hydrogens is 436 g/mol. The van der Waals surface area contributed by atoms with Gasteiger partial charge in [-0.25, -0.2) is 9.78 Å². The summed E-state index contributed by atoms with van der Waals surface area (Å²) in [5.74, 6) is 0.609. The molecule has 1 aliphatic rings. The van der Waals surface area contributed by atoms with Crippen LogP contribution in [0.2, 0.25) is 0 Å². The molecule has 3 heterocycles. The fourth-order valence-corrected chi connectivity index (χ4v) is 3.73. The van der Waals surface area contributed by atoms with Gasteiger partial charge in [0.05, 0.1) is 0 Å². The molecule has 4 rings (SSSR count). The number of hydrogen-bond donors (Lipinski definition) is 1. The van der Waals surface area contributed by atoms with Crippen LogP contribution in [0.1, 0.15) is 33.6 Å². The number of anilines is 2. The molecule has 0 spiro atoms. The Kier molecular flexibility index (Phi) is 6.41. The third-order valence-corrected chi connectivity index (χ3v) is 5.53. The lowest BCUT2D eigenvalue weighted by atomic mass is 9.96. The van der Waals surface area contributed by atoms with Crippen molar-refractivity contribution in [2.75, 3.05) is 37.4 Å². The van der Waals surface area contributed by atoms with Crippen LogP contribution < -0.4 is 10.2 Å². The first-order valence-electron chi connectivity index (χ1n) is 11.3. The fourth-order valence-electron chi connectivity index (χ4n) is 3.73. The van der Waals surface area contributed by atoms with Gasteiger partial charge >= 0.3 is 12.1 Å². The maximum absolute atomic E-state index is 12.8. The van der Waals surface area contributed by atoms with Gasteiger partial charge in [-0.05, 0) is 57.2 Å². The number of carbonyl (C=O) groups excluding carboxylic acids is 2. The van der Waals surface area contributed by atoms with Crippen LogP contribution in [0.25, 0.3) is 22.2 Å². The number of benzene rings is 1. The number of rotatable bonds is 4. The minimum Gasteiger partial charge on any atom is -0.444 e. The molecule has 0 unspecified atom stereocenters. The maximum Gasteiger partial charge on any atom is 0.410 e. The van der Waals surface area contributed by atoms with Crippen LogP contribution in [0.3, 0.4) is 0 Å². The topological polar surface area (TPSA) is 114 Å². The zero-order valence-corrected chi connectivity index (χ0v) is 20.2. The average Bonchev–Trinajstić information content (AvgIpc) is 3.28. The molecule has 0 atom stereocenters. The number of fused-ring (bicyclic) bond motifs is 1. The standard InChI is InChI=1S/C24H30N6O4/c1-24(2,3)34-23(32)30-10-8-15(9-11-30)20(31)26-19-13-18-12-16(6-7-17(18)14-25-19)21-27-28-22(33-21)29(4)5/h6-7,12-15H,8-11H2,1-5H3,(H,25,26,31). The van der Waals surface area contributed by atoms with Gasteiger partial charge in [0.25, 0.3) is 0 Å². The van der Waals surface area contributed by atoms with Gasteiger partial charge in [-0.15, -0.1) is 5.10 Å². The SMILES string of the molecule is CN(C)c1nnc(-c2ccc3cnc(NC(=O)C4CCN(C(=O)OC(C)(C)C)CC4)cc3c2)o1. The molecule has 3 aromatic rings. The van der Waals surface area contributed by atoms with Crippen LogP contribution in [-0.2, 0) is 9.53 Å². The van der Waals surface area contributed by atoms with Gasteiger partial charge in [0.1, 0.15) is 11.4 Å². The molecule has 180 valence electrons. The van der Waals surface area contributed by atoms with Gasteiger partial charge < -0.3 is 24.3 Å². The lowest BCUT2D eigenvalue weighted by Crippen LogP contribution is -2.43. The van der Waals surface area contributed by atoms with Crippen molar-refractivity contribution in [1.82, 2.24) is 20.1 Å². The van der Waals surface area contributed by atoms with E-state index in [1.165, 1.54) is 0 Å². The smallest absolute Gasteiger partial charge is 0.410 e. The van der Waals surface area contributed by atoms with Crippen molar-refractivity contribution in [2.45, 2.75) is 39.2 Å². The second-order valence-corrected chi connectivity index (χ2v) is 9.65. The van der Waals surface area contributed by atoms with Crippen molar-refractivity contribution < 1.29 is 18.7 Å². The third kappa shape index (κ3) is 5.44. The minimum absolute atomic E-state index is 0.0978. The molecule has 0 aliphatic carbocycles. The number of nitrogens with zero attached hydrogens (tertiary/aromatic N) is 5. The van der Waals surface area contributed by atoms with Crippen molar-refractivity contribution in [2.24, 2.45) is 5.92 Å². The van der Waals surface area contributed by atoms with Crippen molar-refractivity contribution in [3.63, 3.8) is 0 Å². The van der Waals surface area contributed by atoms with E-state index in [1.807, 2.05) is 59.1 Å². The highest BCUT2D eigenvalue weighted by molar-refractivity contribution is 5.95. The zero-order valence-electron chi connectivity index (χ0n) is 20.2. The molecule has 0 saturated carbocycles. The molecule has 0 bridgehead atoms. The maximum atomic E-state index is 12.8. The molecule has 1 aromatic carbocycles. The number of piperidine rings is 1. The second-order valence-electron chi connectivity index (χ2n) is 9.65. The van der Waals surface area contributed by atoms with Gasteiger partial charge in [0.2, 0.25) is 11.8 Å². The van der Waals surface area contributed by atoms with Gasteiger partial charge in [0, 0.05) is 50.2 Å². The Morgan fingerprint density at radius 2 is 1.85 bits per heavy atom. The molecular formula is C24H30N6O4. The molecule has 2 aromatic heterocycles. The van der Waals surface area contributed by atoms with E-state index in [0.717, 1.165) is 16.3 Å². The average molecular weight is 467 g/mol. The minimum atomic E-state index is -0.537. The Labute approximate surface area is 198 Å². The van der Waals surface area contributed by atoms with Crippen LogP contribution >= 0.6 is 0 Å². The van der Waals surface area contributed by atoms with E-state index in [2.05, 4.69) is 20.5 Å². The number of hydrogen-bond acceptors (Lipinski definition) is 8. The predicted molar refractivity (Wildman–Crippen MR) is 129 cm³/mol. The lowest BCUT2D eigenvalue weighted by Gasteiger charge is -2.32. The number of amides is 2. The molecule has 1 N–H and O–H groups in total. The van der Waals surface area contributed by atoms with E-state index >= 15 is 0 Å². The first kappa shape index (κ1) is 23.5. The number of ether oxygens (including phenoxy) is 1. The van der Waals surface area contributed by atoms with E-state index in [1.54, 1.807) is 16.0 Å². The Balaban J connectivity index is 1.41. The number of likely N-dealkylation sites (tertiary alicyclic amines) is 1. The van der Waals surface area contributed by atoms with Crippen molar-refractivity contribution in [3.8, 4) is 11.5 Å². The van der Waals surface area contributed by atoms with Gasteiger partial charge in [-0.3, -0.25) is 4.79 Å². The van der Waals surface area contributed by atoms with E-state index in [0.29, 0.717) is 43.7 Å². The van der Waals surface area contributed by atoms with E-state index in [9.17, 15) is 9.59 Å². The molecule has 34 heavy (non-hydrogen) atoms. The molecule has 1 saturated heterocycles. The van der Waals surface area contributed by atoms with Crippen LogP contribution in [0.4, 0.5) is 16.6 Å².